The summed E-state index contributed by atoms with van der Waals surface area (Å²) in [5.74, 6) is 1.51. The van der Waals surface area contributed by atoms with Crippen molar-refractivity contribution < 1.29 is 14.6 Å². The lowest BCUT2D eigenvalue weighted by Crippen LogP contribution is -2.29. The van der Waals surface area contributed by atoms with E-state index in [0.717, 1.165) is 0 Å². The van der Waals surface area contributed by atoms with E-state index in [1.54, 1.807) is 0 Å². The normalized spacial score (nSPS) is 28.2. The summed E-state index contributed by atoms with van der Waals surface area (Å²) in [5.41, 5.74) is 0. The second-order valence-corrected chi connectivity index (χ2v) is 2.67. The first-order chi connectivity index (χ1) is 5.74. The first-order valence-electron chi connectivity index (χ1n) is 3.75. The fourth-order valence-electron chi connectivity index (χ4n) is 1.18. The van der Waals surface area contributed by atoms with Crippen molar-refractivity contribution in [2.45, 2.75) is 18.6 Å². The van der Waals surface area contributed by atoms with Crippen molar-refractivity contribution in [3.8, 4) is 12.3 Å². The molecule has 1 aliphatic heterocycles. The predicted molar refractivity (Wildman–Crippen MR) is 42.6 cm³/mol. The van der Waals surface area contributed by atoms with E-state index in [1.807, 2.05) is 0 Å². The molecule has 0 aliphatic carbocycles. The molecule has 2 atom stereocenters. The van der Waals surface area contributed by atoms with Crippen LogP contribution < -0.4 is 5.32 Å². The molecule has 1 rings (SSSR count). The number of carboxylic acids is 1. The Kier molecular flexibility index (Phi) is 3.09. The molecule has 0 aromatic rings. The summed E-state index contributed by atoms with van der Waals surface area (Å²) in [5, 5.41) is 11.4. The number of hydrogen-bond donors (Lipinski definition) is 2. The second-order valence-electron chi connectivity index (χ2n) is 2.67. The number of carbonyl (C=O) groups is 1. The number of ether oxygens (including phenoxy) is 1. The van der Waals surface area contributed by atoms with E-state index in [4.69, 9.17) is 16.3 Å². The van der Waals surface area contributed by atoms with Crippen LogP contribution in [0.5, 0.6) is 0 Å². The zero-order valence-corrected chi connectivity index (χ0v) is 6.62. The van der Waals surface area contributed by atoms with Gasteiger partial charge in [-0.2, -0.15) is 0 Å². The molecule has 1 fully saturated rings. The number of hydrogen-bond acceptors (Lipinski definition) is 3. The predicted octanol–water partition coefficient (Wildman–Crippen LogP) is -0.549. The monoisotopic (exact) mass is 169 g/mol. The molecule has 2 N–H and O–H groups in total. The molecule has 1 heterocycles. The average Bonchev–Trinajstić information content (AvgIpc) is 2.48. The van der Waals surface area contributed by atoms with E-state index in [9.17, 15) is 4.79 Å². The number of nitrogens with one attached hydrogen (secondary N) is 1. The van der Waals surface area contributed by atoms with Crippen LogP contribution in [-0.2, 0) is 9.53 Å². The summed E-state index contributed by atoms with van der Waals surface area (Å²) >= 11 is 0. The third-order valence-corrected chi connectivity index (χ3v) is 1.79. The Hall–Kier alpha value is -1.05. The largest absolute Gasteiger partial charge is 0.480 e. The number of terminal acetylenes is 1. The van der Waals surface area contributed by atoms with Crippen molar-refractivity contribution >= 4 is 5.97 Å². The van der Waals surface area contributed by atoms with Crippen LogP contribution in [0.2, 0.25) is 0 Å². The van der Waals surface area contributed by atoms with Gasteiger partial charge < -0.3 is 15.2 Å². The van der Waals surface area contributed by atoms with Crippen LogP contribution in [0, 0.1) is 12.3 Å². The van der Waals surface area contributed by atoms with Gasteiger partial charge in [-0.3, -0.25) is 4.79 Å². The maximum absolute atomic E-state index is 10.5. The Bertz CT molecular complexity index is 209. The molecule has 0 spiro atoms. The minimum Gasteiger partial charge on any atom is -0.480 e. The highest BCUT2D eigenvalue weighted by Crippen LogP contribution is 2.09. The van der Waals surface area contributed by atoms with Gasteiger partial charge in [0.25, 0.3) is 0 Å². The van der Waals surface area contributed by atoms with Gasteiger partial charge in [0.2, 0.25) is 0 Å². The molecular weight excluding hydrogens is 158 g/mol. The second kappa shape index (κ2) is 4.10. The minimum absolute atomic E-state index is 0.0536. The smallest absolute Gasteiger partial charge is 0.320 e. The molecular formula is C8H11NO3. The minimum atomic E-state index is -0.832. The van der Waals surface area contributed by atoms with E-state index in [1.165, 1.54) is 0 Å². The molecule has 66 valence electrons. The standard InChI is InChI=1S/C8H11NO3/c1-2-3-12-6-4-7(8(10)11)9-5-6/h1,6-7,9H,3-5H2,(H,10,11)/t6-,7+/m1/s1. The van der Waals surface area contributed by atoms with Gasteiger partial charge in [-0.05, 0) is 0 Å². The lowest BCUT2D eigenvalue weighted by atomic mass is 10.2. The maximum atomic E-state index is 10.5. The zero-order valence-electron chi connectivity index (χ0n) is 6.62. The number of carboxylic acid groups (broad SMARTS) is 1. The van der Waals surface area contributed by atoms with Gasteiger partial charge in [0.15, 0.2) is 0 Å². The molecule has 0 amide bonds. The van der Waals surface area contributed by atoms with Gasteiger partial charge >= 0.3 is 5.97 Å². The Morgan fingerprint density at radius 2 is 2.58 bits per heavy atom. The SMILES string of the molecule is C#CCO[C@H]1CN[C@H](C(=O)O)C1. The van der Waals surface area contributed by atoms with Gasteiger partial charge in [-0.25, -0.2) is 0 Å². The Balaban J connectivity index is 2.27. The summed E-state index contributed by atoms with van der Waals surface area (Å²) in [6.07, 6.45) is 5.43. The average molecular weight is 169 g/mol. The molecule has 1 saturated heterocycles. The highest BCUT2D eigenvalue weighted by atomic mass is 16.5. The van der Waals surface area contributed by atoms with Crippen LogP contribution in [-0.4, -0.2) is 36.4 Å². The Labute approximate surface area is 70.9 Å². The summed E-state index contributed by atoms with van der Waals surface area (Å²) in [6.45, 7) is 0.817. The topological polar surface area (TPSA) is 58.6 Å². The van der Waals surface area contributed by atoms with Crippen molar-refractivity contribution in [1.82, 2.24) is 5.32 Å². The van der Waals surface area contributed by atoms with Crippen LogP contribution in [0.15, 0.2) is 0 Å². The van der Waals surface area contributed by atoms with E-state index in [-0.39, 0.29) is 12.7 Å². The first-order valence-corrected chi connectivity index (χ1v) is 3.75. The van der Waals surface area contributed by atoms with Crippen LogP contribution in [0.4, 0.5) is 0 Å². The van der Waals surface area contributed by atoms with Crippen molar-refractivity contribution in [2.75, 3.05) is 13.2 Å². The quantitative estimate of drug-likeness (QED) is 0.557. The lowest BCUT2D eigenvalue weighted by molar-refractivity contribution is -0.139. The van der Waals surface area contributed by atoms with Crippen molar-refractivity contribution in [3.05, 3.63) is 0 Å². The highest BCUT2D eigenvalue weighted by molar-refractivity contribution is 5.73. The van der Waals surface area contributed by atoms with Gasteiger partial charge in [-0.15, -0.1) is 6.42 Å². The van der Waals surface area contributed by atoms with E-state index in [2.05, 4.69) is 11.2 Å². The van der Waals surface area contributed by atoms with E-state index in [0.29, 0.717) is 13.0 Å². The molecule has 0 unspecified atom stereocenters. The van der Waals surface area contributed by atoms with Gasteiger partial charge in [0, 0.05) is 13.0 Å². The molecule has 0 radical (unpaired) electrons. The van der Waals surface area contributed by atoms with Gasteiger partial charge in [0.1, 0.15) is 12.6 Å². The Morgan fingerprint density at radius 1 is 1.83 bits per heavy atom. The lowest BCUT2D eigenvalue weighted by Gasteiger charge is -2.06. The van der Waals surface area contributed by atoms with Crippen LogP contribution in [0.1, 0.15) is 6.42 Å². The van der Waals surface area contributed by atoms with Gasteiger partial charge in [0.05, 0.1) is 6.10 Å². The van der Waals surface area contributed by atoms with E-state index >= 15 is 0 Å². The number of aliphatic carboxylic acids is 1. The van der Waals surface area contributed by atoms with Crippen LogP contribution in [0.25, 0.3) is 0 Å². The Morgan fingerprint density at radius 3 is 3.08 bits per heavy atom. The van der Waals surface area contributed by atoms with Crippen molar-refractivity contribution in [1.29, 1.82) is 0 Å². The third-order valence-electron chi connectivity index (χ3n) is 1.79. The molecule has 4 heteroatoms. The molecule has 12 heavy (non-hydrogen) atoms. The van der Waals surface area contributed by atoms with E-state index < -0.39 is 12.0 Å². The fraction of sp³-hybridized carbons (Fsp3) is 0.625. The van der Waals surface area contributed by atoms with Crippen molar-refractivity contribution in [2.24, 2.45) is 0 Å². The molecule has 0 aromatic carbocycles. The maximum Gasteiger partial charge on any atom is 0.320 e. The summed E-state index contributed by atoms with van der Waals surface area (Å²) < 4.78 is 5.17. The summed E-state index contributed by atoms with van der Waals surface area (Å²) in [7, 11) is 0. The first kappa shape index (κ1) is 9.04. The zero-order chi connectivity index (χ0) is 8.97. The third kappa shape index (κ3) is 2.22. The van der Waals surface area contributed by atoms with Crippen LogP contribution >= 0.6 is 0 Å². The molecule has 0 aromatic heterocycles. The molecule has 4 nitrogen and oxygen atoms in total. The summed E-state index contributed by atoms with van der Waals surface area (Å²) in [6, 6.07) is -0.479. The highest BCUT2D eigenvalue weighted by Gasteiger charge is 2.29. The van der Waals surface area contributed by atoms with Gasteiger partial charge in [-0.1, -0.05) is 5.92 Å². The number of rotatable bonds is 3. The molecule has 0 saturated carbocycles. The summed E-state index contributed by atoms with van der Waals surface area (Å²) in [4.78, 5) is 10.5. The van der Waals surface area contributed by atoms with Crippen LogP contribution in [0.3, 0.4) is 0 Å². The van der Waals surface area contributed by atoms with Crippen molar-refractivity contribution in [3.63, 3.8) is 0 Å². The molecule has 1 aliphatic rings. The fourth-order valence-corrected chi connectivity index (χ4v) is 1.18. The molecule has 0 bridgehead atoms.